The van der Waals surface area contributed by atoms with Crippen LogP contribution in [0.3, 0.4) is 0 Å². The van der Waals surface area contributed by atoms with Crippen molar-refractivity contribution in [2.75, 3.05) is 5.32 Å². The summed E-state index contributed by atoms with van der Waals surface area (Å²) >= 11 is 7.55. The summed E-state index contributed by atoms with van der Waals surface area (Å²) in [6, 6.07) is 13.7. The molecule has 0 radical (unpaired) electrons. The molecule has 1 amide bonds. The Hall–Kier alpha value is -2.63. The molecule has 4 rings (SSSR count). The fourth-order valence-corrected chi connectivity index (χ4v) is 4.21. The highest BCUT2D eigenvalue weighted by Crippen LogP contribution is 2.25. The van der Waals surface area contributed by atoms with Crippen LogP contribution in [0.15, 0.2) is 54.0 Å². The molecule has 1 N–H and O–H groups in total. The number of rotatable bonds is 5. The molecule has 0 bridgehead atoms. The first kappa shape index (κ1) is 18.7. The van der Waals surface area contributed by atoms with Gasteiger partial charge in [0.25, 0.3) is 0 Å². The fraction of sp³-hybridized carbons (Fsp3) is 0.182. The lowest BCUT2D eigenvalue weighted by molar-refractivity contribution is -0.116. The molecule has 28 heavy (non-hydrogen) atoms. The summed E-state index contributed by atoms with van der Waals surface area (Å²) in [5.74, 6) is 0.0179. The van der Waals surface area contributed by atoms with Gasteiger partial charge in [0.05, 0.1) is 5.69 Å². The van der Waals surface area contributed by atoms with Crippen LogP contribution in [0.1, 0.15) is 23.2 Å². The third-order valence-corrected chi connectivity index (χ3v) is 5.83. The minimum atomic E-state index is 0.0179. The molecular weight excluding hydrogens is 390 g/mol. The Morgan fingerprint density at radius 1 is 1.18 bits per heavy atom. The van der Waals surface area contributed by atoms with Crippen LogP contribution in [-0.2, 0) is 11.2 Å². The van der Waals surface area contributed by atoms with Gasteiger partial charge >= 0.3 is 0 Å². The van der Waals surface area contributed by atoms with Crippen molar-refractivity contribution in [3.05, 3.63) is 75.9 Å². The number of imidazole rings is 1. The van der Waals surface area contributed by atoms with Crippen LogP contribution in [0.5, 0.6) is 0 Å². The number of aryl methyl sites for hydroxylation is 3. The van der Waals surface area contributed by atoms with E-state index in [0.29, 0.717) is 17.9 Å². The number of fused-ring (bicyclic) bond motifs is 1. The van der Waals surface area contributed by atoms with Crippen LogP contribution < -0.4 is 5.32 Å². The van der Waals surface area contributed by atoms with Crippen LogP contribution >= 0.6 is 22.9 Å². The second-order valence-corrected chi connectivity index (χ2v) is 8.15. The first-order valence-electron chi connectivity index (χ1n) is 9.08. The summed E-state index contributed by atoms with van der Waals surface area (Å²) in [5, 5.41) is 5.79. The average Bonchev–Trinajstić information content (AvgIpc) is 3.24. The maximum atomic E-state index is 12.4. The van der Waals surface area contributed by atoms with E-state index in [-0.39, 0.29) is 5.91 Å². The Kier molecular flexibility index (Phi) is 5.20. The highest BCUT2D eigenvalue weighted by atomic mass is 35.5. The molecule has 2 heterocycles. The van der Waals surface area contributed by atoms with Gasteiger partial charge in [-0.05, 0) is 44.0 Å². The summed E-state index contributed by atoms with van der Waals surface area (Å²) < 4.78 is 2.07. The standard InChI is InChI=1S/C22H20ClN3OS/c1-14-3-9-19(15(2)11-14)24-21(27)10-8-18-13-28-22-25-20(12-26(18)22)16-4-6-17(23)7-5-16/h3-7,9,11-13H,8,10H2,1-2H3,(H,24,27). The Labute approximate surface area is 172 Å². The van der Waals surface area contributed by atoms with Crippen molar-refractivity contribution in [1.82, 2.24) is 9.38 Å². The van der Waals surface area contributed by atoms with Gasteiger partial charge in [-0.15, -0.1) is 11.3 Å². The van der Waals surface area contributed by atoms with Crippen LogP contribution in [0, 0.1) is 13.8 Å². The van der Waals surface area contributed by atoms with E-state index < -0.39 is 0 Å². The Balaban J connectivity index is 1.46. The molecule has 0 unspecified atom stereocenters. The monoisotopic (exact) mass is 409 g/mol. The Morgan fingerprint density at radius 2 is 1.96 bits per heavy atom. The molecule has 2 aromatic carbocycles. The molecule has 6 heteroatoms. The van der Waals surface area contributed by atoms with E-state index in [9.17, 15) is 4.79 Å². The first-order chi connectivity index (χ1) is 13.5. The lowest BCUT2D eigenvalue weighted by Gasteiger charge is -2.09. The molecule has 142 valence electrons. The Bertz CT molecular complexity index is 1140. The van der Waals surface area contributed by atoms with Crippen molar-refractivity contribution in [2.45, 2.75) is 26.7 Å². The first-order valence-corrected chi connectivity index (χ1v) is 10.3. The number of amides is 1. The second kappa shape index (κ2) is 7.78. The number of halogens is 1. The number of carbonyl (C=O) groups excluding carboxylic acids is 1. The maximum absolute atomic E-state index is 12.4. The van der Waals surface area contributed by atoms with Gasteiger partial charge in [0, 0.05) is 40.0 Å². The van der Waals surface area contributed by atoms with E-state index >= 15 is 0 Å². The summed E-state index contributed by atoms with van der Waals surface area (Å²) in [5.41, 5.74) is 6.16. The van der Waals surface area contributed by atoms with Gasteiger partial charge in [-0.3, -0.25) is 9.20 Å². The third-order valence-electron chi connectivity index (χ3n) is 4.69. The van der Waals surface area contributed by atoms with E-state index in [1.54, 1.807) is 11.3 Å². The smallest absolute Gasteiger partial charge is 0.224 e. The number of thiazole rings is 1. The van der Waals surface area contributed by atoms with Gasteiger partial charge < -0.3 is 5.32 Å². The molecule has 0 saturated heterocycles. The average molecular weight is 410 g/mol. The minimum Gasteiger partial charge on any atom is -0.326 e. The van der Waals surface area contributed by atoms with E-state index in [1.807, 2.05) is 56.4 Å². The minimum absolute atomic E-state index is 0.0179. The number of carbonyl (C=O) groups is 1. The van der Waals surface area contributed by atoms with Gasteiger partial charge in [-0.2, -0.15) is 0 Å². The van der Waals surface area contributed by atoms with Crippen LogP contribution in [-0.4, -0.2) is 15.3 Å². The summed E-state index contributed by atoms with van der Waals surface area (Å²) in [6.07, 6.45) is 3.10. The molecule has 4 aromatic rings. The lowest BCUT2D eigenvalue weighted by atomic mass is 10.1. The van der Waals surface area contributed by atoms with Crippen molar-refractivity contribution in [3.63, 3.8) is 0 Å². The maximum Gasteiger partial charge on any atom is 0.224 e. The zero-order chi connectivity index (χ0) is 19.7. The quantitative estimate of drug-likeness (QED) is 0.445. The molecular formula is C22H20ClN3OS. The van der Waals surface area contributed by atoms with Crippen LogP contribution in [0.2, 0.25) is 5.02 Å². The summed E-state index contributed by atoms with van der Waals surface area (Å²) in [6.45, 7) is 4.05. The van der Waals surface area contributed by atoms with Gasteiger partial charge in [0.1, 0.15) is 0 Å². The van der Waals surface area contributed by atoms with Crippen LogP contribution in [0.25, 0.3) is 16.2 Å². The van der Waals surface area contributed by atoms with Gasteiger partial charge in [0.2, 0.25) is 5.91 Å². The molecule has 0 spiro atoms. The number of nitrogens with one attached hydrogen (secondary N) is 1. The molecule has 0 fully saturated rings. The van der Waals surface area contributed by atoms with E-state index in [1.165, 1.54) is 5.56 Å². The van der Waals surface area contributed by atoms with E-state index in [4.69, 9.17) is 11.6 Å². The van der Waals surface area contributed by atoms with Crippen molar-refractivity contribution in [2.24, 2.45) is 0 Å². The number of hydrogen-bond donors (Lipinski definition) is 1. The molecule has 4 nitrogen and oxygen atoms in total. The molecule has 0 aliphatic heterocycles. The fourth-order valence-electron chi connectivity index (χ4n) is 3.18. The zero-order valence-electron chi connectivity index (χ0n) is 15.7. The van der Waals surface area contributed by atoms with Gasteiger partial charge in [-0.25, -0.2) is 4.98 Å². The molecule has 0 aliphatic carbocycles. The number of benzene rings is 2. The van der Waals surface area contributed by atoms with Crippen molar-refractivity contribution < 1.29 is 4.79 Å². The number of anilines is 1. The van der Waals surface area contributed by atoms with Crippen LogP contribution in [0.4, 0.5) is 5.69 Å². The lowest BCUT2D eigenvalue weighted by Crippen LogP contribution is -2.13. The number of aromatic nitrogens is 2. The largest absolute Gasteiger partial charge is 0.326 e. The van der Waals surface area contributed by atoms with E-state index in [0.717, 1.165) is 33.2 Å². The molecule has 2 aromatic heterocycles. The zero-order valence-corrected chi connectivity index (χ0v) is 17.3. The number of nitrogens with zero attached hydrogens (tertiary/aromatic N) is 2. The van der Waals surface area contributed by atoms with Crippen molar-refractivity contribution in [3.8, 4) is 11.3 Å². The van der Waals surface area contributed by atoms with E-state index in [2.05, 4.69) is 26.1 Å². The second-order valence-electron chi connectivity index (χ2n) is 6.88. The normalized spacial score (nSPS) is 11.1. The van der Waals surface area contributed by atoms with Crippen molar-refractivity contribution in [1.29, 1.82) is 0 Å². The summed E-state index contributed by atoms with van der Waals surface area (Å²) in [7, 11) is 0. The highest BCUT2D eigenvalue weighted by molar-refractivity contribution is 7.15. The van der Waals surface area contributed by atoms with Crippen molar-refractivity contribution >= 4 is 39.5 Å². The Morgan fingerprint density at radius 3 is 2.71 bits per heavy atom. The highest BCUT2D eigenvalue weighted by Gasteiger charge is 2.12. The predicted octanol–water partition coefficient (Wildman–Crippen LogP) is 5.90. The topological polar surface area (TPSA) is 46.4 Å². The SMILES string of the molecule is Cc1ccc(NC(=O)CCc2csc3nc(-c4ccc(Cl)cc4)cn23)c(C)c1. The predicted molar refractivity (Wildman–Crippen MR) is 116 cm³/mol. The molecule has 0 saturated carbocycles. The van der Waals surface area contributed by atoms with Gasteiger partial charge in [-0.1, -0.05) is 41.4 Å². The molecule has 0 atom stereocenters. The summed E-state index contributed by atoms with van der Waals surface area (Å²) in [4.78, 5) is 18.0. The molecule has 0 aliphatic rings. The van der Waals surface area contributed by atoms with Gasteiger partial charge in [0.15, 0.2) is 4.96 Å². The number of hydrogen-bond acceptors (Lipinski definition) is 3. The third kappa shape index (κ3) is 3.96.